The van der Waals surface area contributed by atoms with Gasteiger partial charge >= 0.3 is 0 Å². The van der Waals surface area contributed by atoms with Crippen LogP contribution in [0, 0.1) is 6.92 Å². The zero-order valence-electron chi connectivity index (χ0n) is 13.8. The molecule has 0 saturated carbocycles. The van der Waals surface area contributed by atoms with Gasteiger partial charge in [0.15, 0.2) is 0 Å². The van der Waals surface area contributed by atoms with Gasteiger partial charge in [-0.15, -0.1) is 0 Å². The van der Waals surface area contributed by atoms with Crippen molar-refractivity contribution in [2.75, 3.05) is 38.2 Å². The fourth-order valence-electron chi connectivity index (χ4n) is 2.87. The first-order chi connectivity index (χ1) is 11.6. The van der Waals surface area contributed by atoms with Gasteiger partial charge in [0.25, 0.3) is 5.91 Å². The average Bonchev–Trinajstić information content (AvgIpc) is 2.62. The Bertz CT molecular complexity index is 726. The molecule has 0 unspecified atom stereocenters. The molecule has 3 rings (SSSR count). The van der Waals surface area contributed by atoms with Crippen LogP contribution in [-0.2, 0) is 0 Å². The van der Waals surface area contributed by atoms with E-state index in [4.69, 9.17) is 16.3 Å². The van der Waals surface area contributed by atoms with Crippen molar-refractivity contribution in [1.29, 1.82) is 0 Å². The van der Waals surface area contributed by atoms with E-state index in [0.717, 1.165) is 35.8 Å². The molecular weight excluding hydrogens is 326 g/mol. The molecule has 2 aromatic rings. The van der Waals surface area contributed by atoms with Crippen molar-refractivity contribution in [2.45, 2.75) is 6.92 Å². The first-order valence-electron chi connectivity index (χ1n) is 7.89. The maximum atomic E-state index is 12.7. The van der Waals surface area contributed by atoms with E-state index in [0.29, 0.717) is 18.1 Å². The lowest BCUT2D eigenvalue weighted by molar-refractivity contribution is 0.0746. The highest BCUT2D eigenvalue weighted by Gasteiger charge is 2.23. The number of carbonyl (C=O) groups excluding carboxylic acids is 1. The summed E-state index contributed by atoms with van der Waals surface area (Å²) in [5, 5.41) is 0.627. The second-order valence-corrected chi connectivity index (χ2v) is 6.23. The number of rotatable bonds is 3. The van der Waals surface area contributed by atoms with E-state index in [9.17, 15) is 4.79 Å². The minimum Gasteiger partial charge on any atom is -0.497 e. The molecule has 0 spiro atoms. The van der Waals surface area contributed by atoms with E-state index in [-0.39, 0.29) is 5.91 Å². The molecule has 2 heterocycles. The number of aromatic nitrogens is 1. The zero-order valence-corrected chi connectivity index (χ0v) is 14.6. The van der Waals surface area contributed by atoms with Crippen LogP contribution in [0.2, 0.25) is 5.02 Å². The molecule has 126 valence electrons. The molecule has 0 bridgehead atoms. The summed E-state index contributed by atoms with van der Waals surface area (Å²) >= 11 is 5.88. The van der Waals surface area contributed by atoms with Crippen molar-refractivity contribution >= 4 is 23.3 Å². The topological polar surface area (TPSA) is 45.7 Å². The number of anilines is 1. The molecular formula is C18H20ClN3O2. The van der Waals surface area contributed by atoms with Crippen molar-refractivity contribution in [3.63, 3.8) is 0 Å². The van der Waals surface area contributed by atoms with E-state index in [1.165, 1.54) is 0 Å². The summed E-state index contributed by atoms with van der Waals surface area (Å²) in [4.78, 5) is 21.1. The Morgan fingerprint density at radius 1 is 1.17 bits per heavy atom. The monoisotopic (exact) mass is 345 g/mol. The maximum Gasteiger partial charge on any atom is 0.254 e. The minimum atomic E-state index is 0.0684. The quantitative estimate of drug-likeness (QED) is 0.858. The largest absolute Gasteiger partial charge is 0.497 e. The molecule has 0 aliphatic carbocycles. The van der Waals surface area contributed by atoms with Gasteiger partial charge in [0.05, 0.1) is 12.1 Å². The van der Waals surface area contributed by atoms with Gasteiger partial charge in [0.1, 0.15) is 11.6 Å². The summed E-state index contributed by atoms with van der Waals surface area (Å²) in [5.74, 6) is 1.73. The van der Waals surface area contributed by atoms with Crippen LogP contribution in [0.25, 0.3) is 0 Å². The minimum absolute atomic E-state index is 0.0684. The van der Waals surface area contributed by atoms with Crippen molar-refractivity contribution in [3.05, 3.63) is 52.7 Å². The number of piperazine rings is 1. The molecule has 24 heavy (non-hydrogen) atoms. The number of aryl methyl sites for hydroxylation is 1. The number of methoxy groups -OCH3 is 1. The Kier molecular flexibility index (Phi) is 4.90. The zero-order chi connectivity index (χ0) is 17.1. The second kappa shape index (κ2) is 7.09. The number of nitrogens with zero attached hydrogens (tertiary/aromatic N) is 3. The number of amides is 1. The fourth-order valence-corrected chi connectivity index (χ4v) is 2.98. The highest BCUT2D eigenvalue weighted by Crippen LogP contribution is 2.20. The summed E-state index contributed by atoms with van der Waals surface area (Å²) in [7, 11) is 1.63. The van der Waals surface area contributed by atoms with E-state index in [2.05, 4.69) is 9.88 Å². The Morgan fingerprint density at radius 3 is 2.50 bits per heavy atom. The fraction of sp³-hybridized carbons (Fsp3) is 0.333. The number of benzene rings is 1. The normalized spacial score (nSPS) is 14.6. The Morgan fingerprint density at radius 2 is 1.92 bits per heavy atom. The lowest BCUT2D eigenvalue weighted by Gasteiger charge is -2.35. The predicted molar refractivity (Wildman–Crippen MR) is 95.1 cm³/mol. The predicted octanol–water partition coefficient (Wildman–Crippen LogP) is 3.01. The van der Waals surface area contributed by atoms with Crippen LogP contribution in [0.1, 0.15) is 15.9 Å². The summed E-state index contributed by atoms with van der Waals surface area (Å²) in [6.45, 7) is 4.80. The number of halogens is 1. The molecule has 1 fully saturated rings. The van der Waals surface area contributed by atoms with Crippen molar-refractivity contribution in [3.8, 4) is 5.75 Å². The number of hydrogen-bond donors (Lipinski definition) is 0. The number of ether oxygens (including phenoxy) is 1. The first-order valence-corrected chi connectivity index (χ1v) is 8.26. The van der Waals surface area contributed by atoms with Crippen LogP contribution in [-0.4, -0.2) is 49.1 Å². The van der Waals surface area contributed by atoms with Gasteiger partial charge in [0.2, 0.25) is 0 Å². The number of pyridine rings is 1. The van der Waals surface area contributed by atoms with E-state index in [1.807, 2.05) is 42.2 Å². The second-order valence-electron chi connectivity index (χ2n) is 5.79. The maximum absolute atomic E-state index is 12.7. The van der Waals surface area contributed by atoms with E-state index < -0.39 is 0 Å². The molecule has 1 aliphatic rings. The smallest absolute Gasteiger partial charge is 0.254 e. The van der Waals surface area contributed by atoms with Crippen molar-refractivity contribution in [1.82, 2.24) is 9.88 Å². The molecule has 1 saturated heterocycles. The highest BCUT2D eigenvalue weighted by molar-refractivity contribution is 6.30. The van der Waals surface area contributed by atoms with Crippen molar-refractivity contribution < 1.29 is 9.53 Å². The summed E-state index contributed by atoms with van der Waals surface area (Å²) < 4.78 is 5.20. The van der Waals surface area contributed by atoms with Crippen LogP contribution >= 0.6 is 11.6 Å². The SMILES string of the molecule is COc1ccc(C(=O)N2CCN(c3ccc(Cl)cn3)CC2)c(C)c1. The lowest BCUT2D eigenvalue weighted by Crippen LogP contribution is -2.49. The molecule has 0 N–H and O–H groups in total. The van der Waals surface area contributed by atoms with Gasteiger partial charge < -0.3 is 14.5 Å². The molecule has 5 nitrogen and oxygen atoms in total. The first kappa shape index (κ1) is 16.6. The average molecular weight is 346 g/mol. The Balaban J connectivity index is 1.66. The summed E-state index contributed by atoms with van der Waals surface area (Å²) in [5.41, 5.74) is 1.66. The Labute approximate surface area is 146 Å². The summed E-state index contributed by atoms with van der Waals surface area (Å²) in [6.07, 6.45) is 1.65. The third kappa shape index (κ3) is 3.46. The van der Waals surface area contributed by atoms with E-state index >= 15 is 0 Å². The highest BCUT2D eigenvalue weighted by atomic mass is 35.5. The number of hydrogen-bond acceptors (Lipinski definition) is 4. The van der Waals surface area contributed by atoms with Crippen LogP contribution < -0.4 is 9.64 Å². The molecule has 0 atom stereocenters. The third-order valence-corrected chi connectivity index (χ3v) is 4.49. The molecule has 1 aromatic heterocycles. The molecule has 0 radical (unpaired) electrons. The molecule has 1 amide bonds. The molecule has 1 aromatic carbocycles. The van der Waals surface area contributed by atoms with Gasteiger partial charge in [-0.05, 0) is 42.8 Å². The standard InChI is InChI=1S/C18H20ClN3O2/c1-13-11-15(24-2)4-5-16(13)18(23)22-9-7-21(8-10-22)17-6-3-14(19)12-20-17/h3-6,11-12H,7-10H2,1-2H3. The van der Waals surface area contributed by atoms with Gasteiger partial charge in [-0.1, -0.05) is 11.6 Å². The van der Waals surface area contributed by atoms with Crippen LogP contribution in [0.15, 0.2) is 36.5 Å². The number of carbonyl (C=O) groups is 1. The van der Waals surface area contributed by atoms with Crippen LogP contribution in [0.3, 0.4) is 0 Å². The van der Waals surface area contributed by atoms with Gasteiger partial charge in [-0.3, -0.25) is 4.79 Å². The van der Waals surface area contributed by atoms with Crippen LogP contribution in [0.4, 0.5) is 5.82 Å². The lowest BCUT2D eigenvalue weighted by atomic mass is 10.1. The van der Waals surface area contributed by atoms with Gasteiger partial charge in [-0.2, -0.15) is 0 Å². The molecule has 6 heteroatoms. The third-order valence-electron chi connectivity index (χ3n) is 4.27. The Hall–Kier alpha value is -2.27. The summed E-state index contributed by atoms with van der Waals surface area (Å²) in [6, 6.07) is 9.30. The van der Waals surface area contributed by atoms with E-state index in [1.54, 1.807) is 13.3 Å². The van der Waals surface area contributed by atoms with Gasteiger partial charge in [-0.25, -0.2) is 4.98 Å². The van der Waals surface area contributed by atoms with Crippen LogP contribution in [0.5, 0.6) is 5.75 Å². The molecule has 1 aliphatic heterocycles. The van der Waals surface area contributed by atoms with Crippen molar-refractivity contribution in [2.24, 2.45) is 0 Å². The van der Waals surface area contributed by atoms with Gasteiger partial charge in [0, 0.05) is 37.9 Å².